The average molecular weight is 1540 g/mol. The van der Waals surface area contributed by atoms with Crippen molar-refractivity contribution < 1.29 is 0 Å². The van der Waals surface area contributed by atoms with Crippen LogP contribution in [0.5, 0.6) is 0 Å². The summed E-state index contributed by atoms with van der Waals surface area (Å²) >= 11 is 1.30. The molecule has 116 heavy (non-hydrogen) atoms. The molecular weight excluding hydrogens is 1440 g/mol. The number of hydrogen-bond donors (Lipinski definition) is 0. The largest absolute Gasteiger partial charge is 0.309 e. The lowest BCUT2D eigenvalue weighted by Crippen LogP contribution is -2.74. The van der Waals surface area contributed by atoms with Crippen LogP contribution in [0.3, 0.4) is 0 Å². The highest BCUT2D eigenvalue weighted by atomic mass is 32.1. The highest BCUT2D eigenvalue weighted by Crippen LogP contribution is 2.59. The highest BCUT2D eigenvalue weighted by molar-refractivity contribution is 7.19. The Morgan fingerprint density at radius 2 is 0.664 bits per heavy atom. The molecule has 4 aliphatic carbocycles. The Balaban J connectivity index is 0.629. The van der Waals surface area contributed by atoms with Crippen molar-refractivity contribution >= 4 is 90.5 Å². The van der Waals surface area contributed by atoms with E-state index < -0.39 is 8.07 Å². The molecule has 0 N–H and O–H groups in total. The van der Waals surface area contributed by atoms with Crippen LogP contribution in [0.1, 0.15) is 161 Å². The van der Waals surface area contributed by atoms with E-state index in [4.69, 9.17) is 8.75 Å². The first-order valence-electron chi connectivity index (χ1n) is 43.4. The summed E-state index contributed by atoms with van der Waals surface area (Å²) in [5.41, 5.74) is 22.3. The number of para-hydroxylation sites is 1. The fourth-order valence-corrected chi connectivity index (χ4v) is 28.6. The smallest absolute Gasteiger partial charge is 0.179 e. The lowest BCUT2D eigenvalue weighted by atomic mass is 9.52. The standard InChI is InChI=1S/C110H102N4SSi/c1-11-31-86(32-12-1)109(87-33-13-2-14-34-87,88-35-15-3-16-36-88)92-63-51-79(52-64-92)80-55-67-95(68-56-80)113(94-43-23-7-24-44-94)106-76-73-101(107-108(106)112-115-111-107)83-57-69-96(70-58-83)114-104-74-61-84(81-53-65-93(66-54-81)110(89-37-17-4-18-38-89,90-39-19-5-20-40-90)91-41-21-6-22-42-91)77-102(104)103-78-85(62-75-105(103)114)82-59-71-100(72-60-82)116(97-45-25-8-26-46-97,98-47-27-9-28-48-98)99-49-29-10-30-50-99/h1-2,4-5,7-14,17-20,23-34,37-40,43-50,55-62,67-79,81,88,91-93H,3,6,15-16,21-22,35-36,41-42,51-54,63-66H2. The minimum Gasteiger partial charge on any atom is -0.309 e. The van der Waals surface area contributed by atoms with E-state index in [0.717, 1.165) is 44.9 Å². The van der Waals surface area contributed by atoms with Gasteiger partial charge < -0.3 is 9.47 Å². The van der Waals surface area contributed by atoms with E-state index in [-0.39, 0.29) is 10.8 Å². The van der Waals surface area contributed by atoms with E-state index in [1.54, 1.807) is 0 Å². The van der Waals surface area contributed by atoms with Crippen molar-refractivity contribution in [1.82, 2.24) is 13.3 Å². The molecule has 0 saturated heterocycles. The maximum atomic E-state index is 5.17. The molecule has 0 bridgehead atoms. The first-order valence-corrected chi connectivity index (χ1v) is 46.2. The average Bonchev–Trinajstić information content (AvgIpc) is 1.37. The number of anilines is 3. The molecule has 6 heteroatoms. The molecule has 0 spiro atoms. The molecule has 2 heterocycles. The van der Waals surface area contributed by atoms with Crippen molar-refractivity contribution in [3.05, 3.63) is 397 Å². The van der Waals surface area contributed by atoms with Crippen molar-refractivity contribution in [2.45, 2.75) is 138 Å². The molecule has 0 amide bonds. The predicted molar refractivity (Wildman–Crippen MR) is 491 cm³/mol. The van der Waals surface area contributed by atoms with Gasteiger partial charge >= 0.3 is 0 Å². The van der Waals surface area contributed by atoms with E-state index in [9.17, 15) is 0 Å². The van der Waals surface area contributed by atoms with Crippen LogP contribution in [0, 0.1) is 23.7 Å². The lowest BCUT2D eigenvalue weighted by Gasteiger charge is -2.51. The molecule has 0 unspecified atom stereocenters. The van der Waals surface area contributed by atoms with Gasteiger partial charge in [-0.15, -0.1) is 0 Å². The molecule has 4 aliphatic rings. The minimum absolute atomic E-state index is 0.00925. The van der Waals surface area contributed by atoms with Crippen LogP contribution in [0.4, 0.5) is 17.1 Å². The van der Waals surface area contributed by atoms with Gasteiger partial charge in [0.15, 0.2) is 8.07 Å². The first-order chi connectivity index (χ1) is 57.5. The quantitative estimate of drug-likeness (QED) is 0.0563. The minimum atomic E-state index is -2.73. The van der Waals surface area contributed by atoms with Crippen molar-refractivity contribution in [2.75, 3.05) is 4.90 Å². The number of aromatic nitrogens is 3. The summed E-state index contributed by atoms with van der Waals surface area (Å²) in [7, 11) is -2.73. The summed E-state index contributed by atoms with van der Waals surface area (Å²) in [6.45, 7) is 0. The Morgan fingerprint density at radius 1 is 0.293 bits per heavy atom. The summed E-state index contributed by atoms with van der Waals surface area (Å²) in [5, 5.41) is 8.09. The lowest BCUT2D eigenvalue weighted by molar-refractivity contribution is 0.128. The van der Waals surface area contributed by atoms with Gasteiger partial charge in [-0.3, -0.25) is 0 Å². The number of fused-ring (bicyclic) bond motifs is 4. The van der Waals surface area contributed by atoms with Gasteiger partial charge in [-0.1, -0.05) is 330 Å². The highest BCUT2D eigenvalue weighted by Gasteiger charge is 2.51. The van der Waals surface area contributed by atoms with Crippen molar-refractivity contribution in [3.63, 3.8) is 0 Å². The zero-order valence-corrected chi connectivity index (χ0v) is 68.3. The van der Waals surface area contributed by atoms with Gasteiger partial charge in [-0.05, 0) is 256 Å². The molecule has 572 valence electrons. The molecule has 4 nitrogen and oxygen atoms in total. The van der Waals surface area contributed by atoms with Crippen LogP contribution in [0.15, 0.2) is 364 Å². The molecule has 0 atom stereocenters. The van der Waals surface area contributed by atoms with Gasteiger partial charge in [0.05, 0.1) is 28.4 Å². The molecular formula is C110H102N4SSi. The Kier molecular flexibility index (Phi) is 20.6. The molecule has 0 aliphatic heterocycles. The third-order valence-electron chi connectivity index (χ3n) is 28.5. The Labute approximate surface area is 691 Å². The van der Waals surface area contributed by atoms with Gasteiger partial charge in [-0.2, -0.15) is 8.75 Å². The fourth-order valence-electron chi connectivity index (χ4n) is 23.3. The van der Waals surface area contributed by atoms with Crippen LogP contribution < -0.4 is 25.6 Å². The number of benzene rings is 14. The van der Waals surface area contributed by atoms with Crippen molar-refractivity contribution in [3.8, 4) is 27.9 Å². The number of rotatable bonds is 20. The zero-order chi connectivity index (χ0) is 77.3. The summed E-state index contributed by atoms with van der Waals surface area (Å²) in [4.78, 5) is 2.39. The number of hydrogen-bond acceptors (Lipinski definition) is 4. The maximum Gasteiger partial charge on any atom is 0.179 e. The van der Waals surface area contributed by atoms with E-state index in [2.05, 4.69) is 373 Å². The van der Waals surface area contributed by atoms with Gasteiger partial charge in [0.2, 0.25) is 0 Å². The van der Waals surface area contributed by atoms with Crippen LogP contribution in [-0.4, -0.2) is 21.4 Å². The third-order valence-corrected chi connectivity index (χ3v) is 33.8. The van der Waals surface area contributed by atoms with Crippen LogP contribution in [0.2, 0.25) is 0 Å². The summed E-state index contributed by atoms with van der Waals surface area (Å²) < 4.78 is 12.8. The Hall–Kier alpha value is -11.3. The van der Waals surface area contributed by atoms with Crippen molar-refractivity contribution in [2.24, 2.45) is 23.7 Å². The molecule has 4 fully saturated rings. The molecule has 14 aromatic carbocycles. The van der Waals surface area contributed by atoms with Gasteiger partial charge in [-0.25, -0.2) is 0 Å². The molecule has 16 aromatic rings. The second kappa shape index (κ2) is 32.4. The zero-order valence-electron chi connectivity index (χ0n) is 66.5. The van der Waals surface area contributed by atoms with Gasteiger partial charge in [0.1, 0.15) is 11.0 Å². The van der Waals surface area contributed by atoms with Gasteiger partial charge in [0.25, 0.3) is 0 Å². The van der Waals surface area contributed by atoms with E-state index in [1.807, 2.05) is 0 Å². The molecule has 4 saturated carbocycles. The summed E-state index contributed by atoms with van der Waals surface area (Å²) in [6, 6.07) is 140. The molecule has 20 rings (SSSR count). The van der Waals surface area contributed by atoms with Crippen molar-refractivity contribution in [1.29, 1.82) is 0 Å². The van der Waals surface area contributed by atoms with E-state index >= 15 is 0 Å². The molecule has 2 aromatic heterocycles. The Bertz CT molecular complexity index is 5790. The van der Waals surface area contributed by atoms with Crippen LogP contribution in [-0.2, 0) is 10.8 Å². The fraction of sp³-hybridized carbons (Fsp3) is 0.236. The normalized spacial score (nSPS) is 18.0. The third kappa shape index (κ3) is 13.2. The predicted octanol–water partition coefficient (Wildman–Crippen LogP) is 26.7. The van der Waals surface area contributed by atoms with Crippen LogP contribution >= 0.6 is 11.7 Å². The topological polar surface area (TPSA) is 34.0 Å². The van der Waals surface area contributed by atoms with Gasteiger partial charge in [0, 0.05) is 44.2 Å². The first kappa shape index (κ1) is 73.6. The van der Waals surface area contributed by atoms with E-state index in [1.165, 1.54) is 214 Å². The maximum absolute atomic E-state index is 5.17. The monoisotopic (exact) mass is 1540 g/mol. The SMILES string of the molecule is c1ccc(N(c2ccc(C3CCC(C(c4ccccc4)(c4ccccc4)C4CCCCC4)CC3)cc2)c2ccc(-c3ccc(-n4c5ccc(-c6ccc([Si](c7ccccc7)(c7ccccc7)c7ccccc7)cc6)cc5c5cc(C6CCC(C(c7ccccc7)(c7ccccc7)C7CCCCC7)CC6)ccc54)cc3)c3nsnc23)cc1. The summed E-state index contributed by atoms with van der Waals surface area (Å²) in [5.74, 6) is 3.41. The van der Waals surface area contributed by atoms with Crippen LogP contribution in [0.25, 0.3) is 60.8 Å². The molecule has 0 radical (unpaired) electrons. The second-order valence-electron chi connectivity index (χ2n) is 34.1. The summed E-state index contributed by atoms with van der Waals surface area (Å²) in [6.07, 6.45) is 22.9. The Morgan fingerprint density at radius 3 is 1.14 bits per heavy atom. The van der Waals surface area contributed by atoms with E-state index in [0.29, 0.717) is 35.5 Å². The number of nitrogens with zero attached hydrogens (tertiary/aromatic N) is 4. The second-order valence-corrected chi connectivity index (χ2v) is 38.5.